The molecule has 1 atom stereocenters. The fourth-order valence-corrected chi connectivity index (χ4v) is 1.78. The Morgan fingerprint density at radius 1 is 1.17 bits per heavy atom. The predicted molar refractivity (Wildman–Crippen MR) is 88.6 cm³/mol. The van der Waals surface area contributed by atoms with Crippen LogP contribution in [-0.2, 0) is 14.3 Å². The monoisotopic (exact) mass is 339 g/mol. The largest absolute Gasteiger partial charge is 0.444 e. The molecular formula is C16H21NO5S. The van der Waals surface area contributed by atoms with E-state index in [0.29, 0.717) is 0 Å². The van der Waals surface area contributed by atoms with Crippen molar-refractivity contribution in [2.24, 2.45) is 0 Å². The highest BCUT2D eigenvalue weighted by atomic mass is 32.1. The molecule has 0 saturated carbocycles. The van der Waals surface area contributed by atoms with Gasteiger partial charge in [-0.25, -0.2) is 14.4 Å². The third-order valence-corrected chi connectivity index (χ3v) is 3.00. The second-order valence-corrected chi connectivity index (χ2v) is 6.32. The van der Waals surface area contributed by atoms with E-state index in [1.807, 2.05) is 6.92 Å². The van der Waals surface area contributed by atoms with Gasteiger partial charge in [-0.3, -0.25) is 0 Å². The Morgan fingerprint density at radius 3 is 2.22 bits per heavy atom. The van der Waals surface area contributed by atoms with Crippen LogP contribution in [-0.4, -0.2) is 35.4 Å². The van der Waals surface area contributed by atoms with Gasteiger partial charge in [0.25, 0.3) is 0 Å². The Bertz CT molecular complexity index is 577. The van der Waals surface area contributed by atoms with Crippen molar-refractivity contribution in [2.45, 2.75) is 39.3 Å². The summed E-state index contributed by atoms with van der Waals surface area (Å²) in [7, 11) is 0. The molecular weight excluding hydrogens is 318 g/mol. The van der Waals surface area contributed by atoms with Crippen LogP contribution < -0.4 is 5.32 Å². The summed E-state index contributed by atoms with van der Waals surface area (Å²) >= 11 is 3.98. The molecule has 0 aliphatic rings. The molecule has 0 fully saturated rings. The highest BCUT2D eigenvalue weighted by Crippen LogP contribution is 2.08. The van der Waals surface area contributed by atoms with Crippen molar-refractivity contribution in [1.29, 1.82) is 0 Å². The van der Waals surface area contributed by atoms with Crippen LogP contribution in [0.2, 0.25) is 0 Å². The normalized spacial score (nSPS) is 12.2. The van der Waals surface area contributed by atoms with Gasteiger partial charge in [-0.15, -0.1) is 0 Å². The number of alkyl carbamates (subject to hydrolysis) is 1. The quantitative estimate of drug-likeness (QED) is 0.500. The Morgan fingerprint density at radius 2 is 1.74 bits per heavy atom. The Kier molecular flexibility index (Phi) is 6.62. The van der Waals surface area contributed by atoms with Crippen molar-refractivity contribution in [3.63, 3.8) is 0 Å². The molecule has 0 spiro atoms. The van der Waals surface area contributed by atoms with Crippen LogP contribution in [0.4, 0.5) is 4.79 Å². The Labute approximate surface area is 140 Å². The minimum Gasteiger partial charge on any atom is -0.444 e. The maximum Gasteiger partial charge on any atom is 0.408 e. The summed E-state index contributed by atoms with van der Waals surface area (Å²) in [5.41, 5.74) is 0.527. The summed E-state index contributed by atoms with van der Waals surface area (Å²) in [6.45, 7) is 6.96. The molecule has 0 saturated heterocycles. The standard InChI is InChI=1S/C16H21NO5S/c1-10-5-7-11(8-6-10)13(18)21-14(19)12(9-23)17-15(20)22-16(2,3)4/h5-8,12,23H,9H2,1-4H3,(H,17,20)/t12-/m0/s1. The van der Waals surface area contributed by atoms with E-state index in [9.17, 15) is 14.4 Å². The summed E-state index contributed by atoms with van der Waals surface area (Å²) in [6, 6.07) is 5.50. The zero-order chi connectivity index (χ0) is 17.6. The number of ether oxygens (including phenoxy) is 2. The van der Waals surface area contributed by atoms with Gasteiger partial charge in [-0.1, -0.05) is 17.7 Å². The molecule has 1 aromatic carbocycles. The number of rotatable bonds is 4. The average molecular weight is 339 g/mol. The van der Waals surface area contributed by atoms with Gasteiger partial charge in [0.15, 0.2) is 0 Å². The molecule has 0 aromatic heterocycles. The van der Waals surface area contributed by atoms with Gasteiger partial charge >= 0.3 is 18.0 Å². The molecule has 1 aromatic rings. The fourth-order valence-electron chi connectivity index (χ4n) is 1.54. The summed E-state index contributed by atoms with van der Waals surface area (Å²) in [6.07, 6.45) is -0.781. The number of hydrogen-bond donors (Lipinski definition) is 2. The third-order valence-electron chi connectivity index (χ3n) is 2.64. The topological polar surface area (TPSA) is 81.7 Å². The highest BCUT2D eigenvalue weighted by molar-refractivity contribution is 7.80. The lowest BCUT2D eigenvalue weighted by Gasteiger charge is -2.22. The number of benzene rings is 1. The molecule has 0 aliphatic carbocycles. The third kappa shape index (κ3) is 6.73. The van der Waals surface area contributed by atoms with E-state index in [4.69, 9.17) is 9.47 Å². The summed E-state index contributed by atoms with van der Waals surface area (Å²) in [5.74, 6) is -1.71. The van der Waals surface area contributed by atoms with Crippen molar-refractivity contribution in [3.05, 3.63) is 35.4 Å². The van der Waals surface area contributed by atoms with Crippen LogP contribution in [0.5, 0.6) is 0 Å². The molecule has 0 radical (unpaired) electrons. The Balaban J connectivity index is 2.64. The van der Waals surface area contributed by atoms with Gasteiger partial charge in [-0.05, 0) is 39.8 Å². The molecule has 0 bridgehead atoms. The molecule has 1 N–H and O–H groups in total. The molecule has 0 aliphatic heterocycles. The van der Waals surface area contributed by atoms with Gasteiger partial charge in [0.1, 0.15) is 11.6 Å². The highest BCUT2D eigenvalue weighted by Gasteiger charge is 2.26. The zero-order valence-electron chi connectivity index (χ0n) is 13.6. The number of aryl methyl sites for hydroxylation is 1. The lowest BCUT2D eigenvalue weighted by molar-refractivity contribution is -0.139. The van der Waals surface area contributed by atoms with E-state index >= 15 is 0 Å². The molecule has 126 valence electrons. The van der Waals surface area contributed by atoms with Crippen molar-refractivity contribution in [1.82, 2.24) is 5.32 Å². The van der Waals surface area contributed by atoms with Crippen molar-refractivity contribution in [3.8, 4) is 0 Å². The lowest BCUT2D eigenvalue weighted by atomic mass is 10.1. The SMILES string of the molecule is Cc1ccc(C(=O)OC(=O)[C@H](CS)NC(=O)OC(C)(C)C)cc1. The van der Waals surface area contributed by atoms with Crippen LogP contribution in [0.15, 0.2) is 24.3 Å². The van der Waals surface area contributed by atoms with E-state index in [1.165, 1.54) is 0 Å². The van der Waals surface area contributed by atoms with Crippen LogP contribution >= 0.6 is 12.6 Å². The van der Waals surface area contributed by atoms with E-state index < -0.39 is 29.7 Å². The van der Waals surface area contributed by atoms with E-state index in [0.717, 1.165) is 5.56 Å². The smallest absolute Gasteiger partial charge is 0.408 e. The second-order valence-electron chi connectivity index (χ2n) is 5.96. The lowest BCUT2D eigenvalue weighted by Crippen LogP contribution is -2.45. The Hall–Kier alpha value is -2.02. The van der Waals surface area contributed by atoms with Crippen LogP contribution in [0.25, 0.3) is 0 Å². The summed E-state index contributed by atoms with van der Waals surface area (Å²) in [5, 5.41) is 2.32. The first-order valence-corrected chi connectivity index (χ1v) is 7.68. The van der Waals surface area contributed by atoms with Crippen LogP contribution in [0.3, 0.4) is 0 Å². The zero-order valence-corrected chi connectivity index (χ0v) is 14.5. The van der Waals surface area contributed by atoms with Gasteiger partial charge in [0.2, 0.25) is 0 Å². The molecule has 7 heteroatoms. The van der Waals surface area contributed by atoms with Gasteiger partial charge in [0.05, 0.1) is 5.56 Å². The number of carbonyl (C=O) groups is 3. The molecule has 23 heavy (non-hydrogen) atoms. The number of nitrogens with one attached hydrogen (secondary N) is 1. The first-order chi connectivity index (χ1) is 10.6. The number of esters is 2. The van der Waals surface area contributed by atoms with Crippen molar-refractivity contribution >= 4 is 30.7 Å². The molecule has 0 unspecified atom stereocenters. The summed E-state index contributed by atoms with van der Waals surface area (Å²) < 4.78 is 9.81. The van der Waals surface area contributed by atoms with Crippen molar-refractivity contribution < 1.29 is 23.9 Å². The predicted octanol–water partition coefficient (Wildman–Crippen LogP) is 2.50. The summed E-state index contributed by atoms with van der Waals surface area (Å²) in [4.78, 5) is 35.5. The van der Waals surface area contributed by atoms with E-state index in [2.05, 4.69) is 17.9 Å². The van der Waals surface area contributed by atoms with E-state index in [-0.39, 0.29) is 11.3 Å². The molecule has 6 nitrogen and oxygen atoms in total. The number of carbonyl (C=O) groups excluding carboxylic acids is 3. The maximum atomic E-state index is 12.0. The van der Waals surface area contributed by atoms with Gasteiger partial charge in [-0.2, -0.15) is 12.6 Å². The first kappa shape index (κ1) is 19.0. The van der Waals surface area contributed by atoms with Gasteiger partial charge in [0, 0.05) is 5.75 Å². The minimum atomic E-state index is -1.08. The van der Waals surface area contributed by atoms with Crippen molar-refractivity contribution in [2.75, 3.05) is 5.75 Å². The number of amides is 1. The van der Waals surface area contributed by atoms with E-state index in [1.54, 1.807) is 45.0 Å². The second kappa shape index (κ2) is 8.01. The molecule has 0 heterocycles. The first-order valence-electron chi connectivity index (χ1n) is 7.05. The number of thiol groups is 1. The van der Waals surface area contributed by atoms with Crippen LogP contribution in [0.1, 0.15) is 36.7 Å². The fraction of sp³-hybridized carbons (Fsp3) is 0.438. The average Bonchev–Trinajstić information content (AvgIpc) is 2.43. The molecule has 1 amide bonds. The number of hydrogen-bond acceptors (Lipinski definition) is 6. The van der Waals surface area contributed by atoms with Gasteiger partial charge < -0.3 is 14.8 Å². The minimum absolute atomic E-state index is 0.0285. The van der Waals surface area contributed by atoms with Crippen LogP contribution in [0, 0.1) is 6.92 Å². The maximum absolute atomic E-state index is 12.0. The molecule has 1 rings (SSSR count).